The molecule has 6 nitrogen and oxygen atoms in total. The van der Waals surface area contributed by atoms with Crippen LogP contribution in [0, 0.1) is 16.0 Å². The van der Waals surface area contributed by atoms with Gasteiger partial charge in [-0.25, -0.2) is 0 Å². The number of thiophene rings is 1. The van der Waals surface area contributed by atoms with Gasteiger partial charge in [0.25, 0.3) is 5.91 Å². The zero-order valence-corrected chi connectivity index (χ0v) is 12.3. The average molecular weight is 297 g/mol. The number of rotatable bonds is 5. The number of piperidine rings is 1. The van der Waals surface area contributed by atoms with Crippen LogP contribution in [0.4, 0.5) is 5.00 Å². The number of hydrogen-bond acceptors (Lipinski definition) is 5. The van der Waals surface area contributed by atoms with E-state index in [0.29, 0.717) is 11.5 Å². The lowest BCUT2D eigenvalue weighted by molar-refractivity contribution is -0.380. The SMILES string of the molecule is CNCCC1CCN(C(=O)c2csc([N+](=O)[O-])c2)CC1. The van der Waals surface area contributed by atoms with Gasteiger partial charge in [0, 0.05) is 24.5 Å². The second kappa shape index (κ2) is 6.81. The predicted octanol–water partition coefficient (Wildman–Crippen LogP) is 2.12. The lowest BCUT2D eigenvalue weighted by atomic mass is 9.93. The molecular formula is C13H19N3O3S. The normalized spacial score (nSPS) is 16.4. The van der Waals surface area contributed by atoms with E-state index in [0.717, 1.165) is 50.2 Å². The summed E-state index contributed by atoms with van der Waals surface area (Å²) in [4.78, 5) is 24.2. The lowest BCUT2D eigenvalue weighted by Gasteiger charge is -2.31. The molecule has 1 N–H and O–H groups in total. The first-order chi connectivity index (χ1) is 9.61. The fraction of sp³-hybridized carbons (Fsp3) is 0.615. The molecule has 1 aliphatic rings. The molecule has 2 rings (SSSR count). The molecule has 0 aliphatic carbocycles. The Morgan fingerprint density at radius 1 is 1.55 bits per heavy atom. The molecule has 2 heterocycles. The Bertz CT molecular complexity index is 481. The Morgan fingerprint density at radius 2 is 2.25 bits per heavy atom. The number of carbonyl (C=O) groups is 1. The smallest absolute Gasteiger partial charge is 0.324 e. The maximum absolute atomic E-state index is 12.3. The van der Waals surface area contributed by atoms with Gasteiger partial charge < -0.3 is 10.2 Å². The van der Waals surface area contributed by atoms with Gasteiger partial charge in [0.2, 0.25) is 0 Å². The Hall–Kier alpha value is -1.47. The number of amides is 1. The molecule has 1 aromatic heterocycles. The van der Waals surface area contributed by atoms with Crippen LogP contribution in [0.15, 0.2) is 11.4 Å². The first-order valence-electron chi connectivity index (χ1n) is 6.78. The van der Waals surface area contributed by atoms with E-state index in [4.69, 9.17) is 0 Å². The molecule has 1 aliphatic heterocycles. The van der Waals surface area contributed by atoms with E-state index in [1.807, 2.05) is 11.9 Å². The summed E-state index contributed by atoms with van der Waals surface area (Å²) in [6, 6.07) is 1.38. The molecule has 0 spiro atoms. The molecule has 1 amide bonds. The fourth-order valence-corrected chi connectivity index (χ4v) is 3.19. The van der Waals surface area contributed by atoms with Gasteiger partial charge in [-0.05, 0) is 38.8 Å². The fourth-order valence-electron chi connectivity index (χ4n) is 2.49. The van der Waals surface area contributed by atoms with Crippen LogP contribution in [0.2, 0.25) is 0 Å². The highest BCUT2D eigenvalue weighted by Crippen LogP contribution is 2.26. The van der Waals surface area contributed by atoms with Gasteiger partial charge in [0.05, 0.1) is 10.5 Å². The molecule has 1 aromatic rings. The van der Waals surface area contributed by atoms with Crippen LogP contribution in [0.1, 0.15) is 29.6 Å². The van der Waals surface area contributed by atoms with Gasteiger partial charge in [0.1, 0.15) is 0 Å². The third kappa shape index (κ3) is 3.55. The van der Waals surface area contributed by atoms with Crippen molar-refractivity contribution in [3.63, 3.8) is 0 Å². The standard InChI is InChI=1S/C13H19N3O3S/c1-14-5-2-10-3-6-15(7-4-10)13(17)11-8-12(16(18)19)20-9-11/h8-10,14H,2-7H2,1H3. The first kappa shape index (κ1) is 14.9. The largest absolute Gasteiger partial charge is 0.339 e. The molecule has 0 radical (unpaired) electrons. The molecule has 0 aromatic carbocycles. The van der Waals surface area contributed by atoms with Crippen LogP contribution in [0.5, 0.6) is 0 Å². The quantitative estimate of drug-likeness (QED) is 0.667. The number of nitro groups is 1. The minimum atomic E-state index is -0.453. The van der Waals surface area contributed by atoms with Gasteiger partial charge >= 0.3 is 5.00 Å². The van der Waals surface area contributed by atoms with Crippen molar-refractivity contribution in [1.82, 2.24) is 10.2 Å². The zero-order valence-electron chi connectivity index (χ0n) is 11.5. The maximum Gasteiger partial charge on any atom is 0.324 e. The second-order valence-electron chi connectivity index (χ2n) is 5.06. The minimum absolute atomic E-state index is 0.0252. The van der Waals surface area contributed by atoms with Crippen LogP contribution < -0.4 is 5.32 Å². The number of hydrogen-bond donors (Lipinski definition) is 1. The summed E-state index contributed by atoms with van der Waals surface area (Å²) in [5, 5.41) is 15.4. The monoisotopic (exact) mass is 297 g/mol. The van der Waals surface area contributed by atoms with E-state index in [2.05, 4.69) is 5.32 Å². The van der Waals surface area contributed by atoms with E-state index < -0.39 is 4.92 Å². The molecule has 110 valence electrons. The molecule has 0 unspecified atom stereocenters. The van der Waals surface area contributed by atoms with E-state index in [1.165, 1.54) is 6.07 Å². The summed E-state index contributed by atoms with van der Waals surface area (Å²) in [5.74, 6) is 0.588. The molecule has 20 heavy (non-hydrogen) atoms. The van der Waals surface area contributed by atoms with E-state index in [1.54, 1.807) is 5.38 Å². The summed E-state index contributed by atoms with van der Waals surface area (Å²) in [5.41, 5.74) is 0.440. The molecule has 0 bridgehead atoms. The molecular weight excluding hydrogens is 278 g/mol. The summed E-state index contributed by atoms with van der Waals surface area (Å²) in [6.45, 7) is 2.50. The van der Waals surface area contributed by atoms with Crippen LogP contribution in [0.25, 0.3) is 0 Å². The molecule has 0 saturated carbocycles. The van der Waals surface area contributed by atoms with Gasteiger partial charge in [-0.3, -0.25) is 14.9 Å². The highest BCUT2D eigenvalue weighted by Gasteiger charge is 2.25. The summed E-state index contributed by atoms with van der Waals surface area (Å²) >= 11 is 1.01. The van der Waals surface area contributed by atoms with E-state index in [-0.39, 0.29) is 10.9 Å². The van der Waals surface area contributed by atoms with Crippen molar-refractivity contribution in [3.8, 4) is 0 Å². The van der Waals surface area contributed by atoms with Crippen molar-refractivity contribution in [1.29, 1.82) is 0 Å². The van der Waals surface area contributed by atoms with Crippen molar-refractivity contribution >= 4 is 22.2 Å². The van der Waals surface area contributed by atoms with Crippen molar-refractivity contribution in [2.75, 3.05) is 26.7 Å². The summed E-state index contributed by atoms with van der Waals surface area (Å²) in [7, 11) is 1.95. The molecule has 0 atom stereocenters. The van der Waals surface area contributed by atoms with Gasteiger partial charge in [-0.1, -0.05) is 11.3 Å². The number of carbonyl (C=O) groups excluding carboxylic acids is 1. The van der Waals surface area contributed by atoms with E-state index >= 15 is 0 Å². The molecule has 1 saturated heterocycles. The van der Waals surface area contributed by atoms with Crippen LogP contribution in [-0.2, 0) is 0 Å². The third-order valence-electron chi connectivity index (χ3n) is 3.72. The zero-order chi connectivity index (χ0) is 14.5. The minimum Gasteiger partial charge on any atom is -0.339 e. The topological polar surface area (TPSA) is 75.5 Å². The van der Waals surface area contributed by atoms with Crippen LogP contribution in [0.3, 0.4) is 0 Å². The summed E-state index contributed by atoms with van der Waals surface area (Å²) in [6.07, 6.45) is 3.17. The first-order valence-corrected chi connectivity index (χ1v) is 7.66. The predicted molar refractivity (Wildman–Crippen MR) is 78.1 cm³/mol. The van der Waals surface area contributed by atoms with Gasteiger partial charge in [0.15, 0.2) is 0 Å². The van der Waals surface area contributed by atoms with Gasteiger partial charge in [-0.2, -0.15) is 0 Å². The lowest BCUT2D eigenvalue weighted by Crippen LogP contribution is -2.38. The molecule has 7 heteroatoms. The Balaban J connectivity index is 1.89. The number of likely N-dealkylation sites (tertiary alicyclic amines) is 1. The molecule has 1 fully saturated rings. The maximum atomic E-state index is 12.3. The van der Waals surface area contributed by atoms with Crippen molar-refractivity contribution in [3.05, 3.63) is 27.1 Å². The van der Waals surface area contributed by atoms with Crippen molar-refractivity contribution in [2.45, 2.75) is 19.3 Å². The summed E-state index contributed by atoms with van der Waals surface area (Å²) < 4.78 is 0. The highest BCUT2D eigenvalue weighted by molar-refractivity contribution is 7.13. The Kier molecular flexibility index (Phi) is 5.08. The Labute approximate surface area is 121 Å². The average Bonchev–Trinajstić information content (AvgIpc) is 2.95. The number of nitrogens with zero attached hydrogens (tertiary/aromatic N) is 2. The Morgan fingerprint density at radius 3 is 2.80 bits per heavy atom. The van der Waals surface area contributed by atoms with Crippen LogP contribution >= 0.6 is 11.3 Å². The van der Waals surface area contributed by atoms with Crippen LogP contribution in [-0.4, -0.2) is 42.4 Å². The number of nitrogens with one attached hydrogen (secondary N) is 1. The van der Waals surface area contributed by atoms with E-state index in [9.17, 15) is 14.9 Å². The highest BCUT2D eigenvalue weighted by atomic mass is 32.1. The second-order valence-corrected chi connectivity index (χ2v) is 5.95. The van der Waals surface area contributed by atoms with Crippen molar-refractivity contribution < 1.29 is 9.72 Å². The third-order valence-corrected chi connectivity index (χ3v) is 4.60. The van der Waals surface area contributed by atoms with Crippen molar-refractivity contribution in [2.24, 2.45) is 5.92 Å². The van der Waals surface area contributed by atoms with Gasteiger partial charge in [-0.15, -0.1) is 0 Å².